The molecule has 1 amide bonds. The normalized spacial score (nSPS) is 10.3. The summed E-state index contributed by atoms with van der Waals surface area (Å²) < 4.78 is 1.37. The first-order valence-corrected chi connectivity index (χ1v) is 8.01. The number of halogens is 2. The monoisotopic (exact) mass is 405 g/mol. The first kappa shape index (κ1) is 24.1. The van der Waals surface area contributed by atoms with Gasteiger partial charge in [-0.15, -0.1) is 24.8 Å². The van der Waals surface area contributed by atoms with Gasteiger partial charge in [-0.1, -0.05) is 13.8 Å². The second-order valence-electron chi connectivity index (χ2n) is 5.81. The number of carbonyl (C=O) groups is 1. The first-order chi connectivity index (χ1) is 11.4. The van der Waals surface area contributed by atoms with Crippen LogP contribution >= 0.6 is 24.8 Å². The molecule has 2 aromatic heterocycles. The molecule has 2 rings (SSSR count). The van der Waals surface area contributed by atoms with Crippen molar-refractivity contribution in [3.05, 3.63) is 38.2 Å². The second kappa shape index (κ2) is 10.3. The first-order valence-electron chi connectivity index (χ1n) is 8.01. The van der Waals surface area contributed by atoms with Crippen LogP contribution in [0, 0.1) is 0 Å². The average molecular weight is 406 g/mol. The Morgan fingerprint density at radius 1 is 1.27 bits per heavy atom. The number of nitrogens with one attached hydrogen (secondary N) is 3. The smallest absolute Gasteiger partial charge is 0.329 e. The minimum Gasteiger partial charge on any atom is -0.351 e. The maximum Gasteiger partial charge on any atom is 0.329 e. The molecule has 0 atom stereocenters. The fraction of sp³-hybridized carbons (Fsp3) is 0.500. The van der Waals surface area contributed by atoms with Gasteiger partial charge in [-0.25, -0.2) is 9.78 Å². The van der Waals surface area contributed by atoms with Crippen LogP contribution in [0.15, 0.2) is 15.7 Å². The molecule has 8 nitrogen and oxygen atoms in total. The maximum absolute atomic E-state index is 12.5. The molecule has 0 saturated heterocycles. The van der Waals surface area contributed by atoms with E-state index in [1.165, 1.54) is 4.57 Å². The zero-order chi connectivity index (χ0) is 17.9. The fourth-order valence-electron chi connectivity index (χ4n) is 2.46. The molecule has 0 aliphatic carbocycles. The third kappa shape index (κ3) is 4.84. The highest BCUT2D eigenvalue weighted by molar-refractivity contribution is 6.05. The van der Waals surface area contributed by atoms with Gasteiger partial charge in [0.15, 0.2) is 5.65 Å². The molecule has 0 aromatic carbocycles. The van der Waals surface area contributed by atoms with Gasteiger partial charge in [0.1, 0.15) is 0 Å². The largest absolute Gasteiger partial charge is 0.351 e. The standard InChI is InChI=1S/C16H23N5O3.2ClH/c1-5-21-13-12(15(23)20-16(21)24)10(8-11(19-13)9(2)3)14(22)18-7-6-17-4;;/h8-9,17H,5-7H2,1-4H3,(H,18,22)(H,20,23,24);2*1H. The van der Waals surface area contributed by atoms with Crippen LogP contribution in [0.25, 0.3) is 11.0 Å². The van der Waals surface area contributed by atoms with Crippen LogP contribution in [0.3, 0.4) is 0 Å². The number of hydrogen-bond acceptors (Lipinski definition) is 5. The average Bonchev–Trinajstić information content (AvgIpc) is 2.54. The van der Waals surface area contributed by atoms with Crippen molar-refractivity contribution in [1.29, 1.82) is 0 Å². The van der Waals surface area contributed by atoms with Crippen molar-refractivity contribution < 1.29 is 4.79 Å². The topological polar surface area (TPSA) is 109 Å². The third-order valence-corrected chi connectivity index (χ3v) is 3.78. The Bertz CT molecular complexity index is 877. The highest BCUT2D eigenvalue weighted by Gasteiger charge is 2.19. The van der Waals surface area contributed by atoms with Crippen LogP contribution in [0.1, 0.15) is 42.7 Å². The van der Waals surface area contributed by atoms with E-state index in [1.54, 1.807) is 20.0 Å². The van der Waals surface area contributed by atoms with Gasteiger partial charge in [-0.2, -0.15) is 0 Å². The molecule has 2 aromatic rings. The van der Waals surface area contributed by atoms with Crippen LogP contribution in [-0.2, 0) is 6.54 Å². The molecule has 0 radical (unpaired) electrons. The number of rotatable bonds is 6. The Labute approximate surface area is 163 Å². The van der Waals surface area contributed by atoms with Crippen LogP contribution in [0.5, 0.6) is 0 Å². The van der Waals surface area contributed by atoms with Gasteiger partial charge in [-0.3, -0.25) is 19.1 Å². The Morgan fingerprint density at radius 3 is 2.46 bits per heavy atom. The lowest BCUT2D eigenvalue weighted by atomic mass is 10.0. The van der Waals surface area contributed by atoms with Crippen molar-refractivity contribution in [3.8, 4) is 0 Å². The molecule has 2 heterocycles. The number of pyridine rings is 1. The predicted octanol–water partition coefficient (Wildman–Crippen LogP) is 1.02. The zero-order valence-electron chi connectivity index (χ0n) is 15.2. The molecule has 0 aliphatic heterocycles. The number of likely N-dealkylation sites (N-methyl/N-ethyl adjacent to an activating group) is 1. The van der Waals surface area contributed by atoms with E-state index in [9.17, 15) is 14.4 Å². The predicted molar refractivity (Wildman–Crippen MR) is 107 cm³/mol. The molecular formula is C16H25Cl2N5O3. The summed E-state index contributed by atoms with van der Waals surface area (Å²) in [6.45, 7) is 7.07. The molecular weight excluding hydrogens is 381 g/mol. The number of aromatic nitrogens is 3. The van der Waals surface area contributed by atoms with E-state index in [4.69, 9.17) is 0 Å². The molecule has 26 heavy (non-hydrogen) atoms. The lowest BCUT2D eigenvalue weighted by Gasteiger charge is -2.14. The number of aryl methyl sites for hydroxylation is 1. The summed E-state index contributed by atoms with van der Waals surface area (Å²) in [5.74, 6) is -0.302. The Kier molecular flexibility index (Phi) is 9.55. The van der Waals surface area contributed by atoms with Crippen LogP contribution in [0.2, 0.25) is 0 Å². The van der Waals surface area contributed by atoms with Gasteiger partial charge >= 0.3 is 5.69 Å². The third-order valence-electron chi connectivity index (χ3n) is 3.78. The Hall–Kier alpha value is -1.90. The number of amides is 1. The van der Waals surface area contributed by atoms with E-state index >= 15 is 0 Å². The fourth-order valence-corrected chi connectivity index (χ4v) is 2.46. The molecule has 0 bridgehead atoms. The van der Waals surface area contributed by atoms with Crippen molar-refractivity contribution in [2.45, 2.75) is 33.2 Å². The zero-order valence-corrected chi connectivity index (χ0v) is 16.8. The van der Waals surface area contributed by atoms with E-state index in [0.29, 0.717) is 25.3 Å². The number of carbonyl (C=O) groups excluding carboxylic acids is 1. The molecule has 0 saturated carbocycles. The van der Waals surface area contributed by atoms with Gasteiger partial charge in [0.2, 0.25) is 0 Å². The van der Waals surface area contributed by atoms with Crippen molar-refractivity contribution >= 4 is 41.8 Å². The Morgan fingerprint density at radius 2 is 1.92 bits per heavy atom. The van der Waals surface area contributed by atoms with Gasteiger partial charge in [0, 0.05) is 25.3 Å². The summed E-state index contributed by atoms with van der Waals surface area (Å²) in [6, 6.07) is 1.63. The number of fused-ring (bicyclic) bond motifs is 1. The van der Waals surface area contributed by atoms with Crippen LogP contribution in [-0.4, -0.2) is 40.6 Å². The lowest BCUT2D eigenvalue weighted by Crippen LogP contribution is -2.34. The Balaban J connectivity index is 0.00000312. The van der Waals surface area contributed by atoms with E-state index < -0.39 is 11.2 Å². The molecule has 146 valence electrons. The van der Waals surface area contributed by atoms with E-state index in [1.807, 2.05) is 13.8 Å². The SMILES string of the molecule is CCn1c(=O)[nH]c(=O)c2c(C(=O)NCCNC)cc(C(C)C)nc21.Cl.Cl. The maximum atomic E-state index is 12.5. The second-order valence-corrected chi connectivity index (χ2v) is 5.81. The number of hydrogen-bond donors (Lipinski definition) is 3. The molecule has 0 unspecified atom stereocenters. The van der Waals surface area contributed by atoms with E-state index in [2.05, 4.69) is 20.6 Å². The molecule has 3 N–H and O–H groups in total. The van der Waals surface area contributed by atoms with Crippen molar-refractivity contribution in [2.75, 3.05) is 20.1 Å². The van der Waals surface area contributed by atoms with Gasteiger partial charge in [0.25, 0.3) is 11.5 Å². The molecule has 0 aliphatic rings. The van der Waals surface area contributed by atoms with Crippen molar-refractivity contribution in [1.82, 2.24) is 25.2 Å². The van der Waals surface area contributed by atoms with E-state index in [-0.39, 0.29) is 53.2 Å². The highest BCUT2D eigenvalue weighted by Crippen LogP contribution is 2.19. The van der Waals surface area contributed by atoms with Gasteiger partial charge < -0.3 is 10.6 Å². The summed E-state index contributed by atoms with van der Waals surface area (Å²) >= 11 is 0. The van der Waals surface area contributed by atoms with Gasteiger partial charge in [-0.05, 0) is 26.0 Å². The van der Waals surface area contributed by atoms with E-state index in [0.717, 1.165) is 0 Å². The van der Waals surface area contributed by atoms with Crippen LogP contribution < -0.4 is 21.9 Å². The molecule has 10 heteroatoms. The molecule has 0 spiro atoms. The lowest BCUT2D eigenvalue weighted by molar-refractivity contribution is 0.0955. The summed E-state index contributed by atoms with van der Waals surface area (Å²) in [7, 11) is 1.79. The summed E-state index contributed by atoms with van der Waals surface area (Å²) in [5, 5.41) is 5.85. The summed E-state index contributed by atoms with van der Waals surface area (Å²) in [6.07, 6.45) is 0. The number of H-pyrrole nitrogens is 1. The highest BCUT2D eigenvalue weighted by atomic mass is 35.5. The number of aromatic amines is 1. The quantitative estimate of drug-likeness (QED) is 0.621. The van der Waals surface area contributed by atoms with Crippen LogP contribution in [0.4, 0.5) is 0 Å². The minimum absolute atomic E-state index is 0. The molecule has 0 fully saturated rings. The summed E-state index contributed by atoms with van der Waals surface area (Å²) in [4.78, 5) is 43.6. The summed E-state index contributed by atoms with van der Waals surface area (Å²) in [5.41, 5.74) is 0.0270. The van der Waals surface area contributed by atoms with Crippen molar-refractivity contribution in [3.63, 3.8) is 0 Å². The number of nitrogens with zero attached hydrogens (tertiary/aromatic N) is 2. The minimum atomic E-state index is -0.596. The van der Waals surface area contributed by atoms with Gasteiger partial charge in [0.05, 0.1) is 10.9 Å². The van der Waals surface area contributed by atoms with Crippen molar-refractivity contribution in [2.24, 2.45) is 0 Å².